The third-order valence-corrected chi connectivity index (χ3v) is 3.15. The summed E-state index contributed by atoms with van der Waals surface area (Å²) in [5.74, 6) is -1.70. The second-order valence-corrected chi connectivity index (χ2v) is 4.82. The van der Waals surface area contributed by atoms with Crippen LogP contribution in [0.15, 0.2) is 18.2 Å². The molecule has 0 radical (unpaired) electrons. The Balaban J connectivity index is 1.87. The van der Waals surface area contributed by atoms with E-state index in [2.05, 4.69) is 5.32 Å². The highest BCUT2D eigenvalue weighted by atomic mass is 19.1. The number of nitrogens with one attached hydrogen (secondary N) is 1. The normalized spacial score (nSPS) is 17.4. The molecule has 19 heavy (non-hydrogen) atoms. The Kier molecular flexibility index (Phi) is 4.44. The summed E-state index contributed by atoms with van der Waals surface area (Å²) in [6.07, 6.45) is 1.73. The molecule has 1 amide bonds. The van der Waals surface area contributed by atoms with Crippen molar-refractivity contribution in [1.82, 2.24) is 4.90 Å². The Bertz CT molecular complexity index is 439. The van der Waals surface area contributed by atoms with E-state index in [-0.39, 0.29) is 24.2 Å². The fourth-order valence-electron chi connectivity index (χ4n) is 2.14. The van der Waals surface area contributed by atoms with Crippen LogP contribution < -0.4 is 11.1 Å². The van der Waals surface area contributed by atoms with E-state index in [1.807, 2.05) is 4.90 Å². The van der Waals surface area contributed by atoms with Crippen LogP contribution in [0.3, 0.4) is 0 Å². The molecule has 0 spiro atoms. The molecule has 104 valence electrons. The third kappa shape index (κ3) is 4.25. The van der Waals surface area contributed by atoms with Gasteiger partial charge in [-0.05, 0) is 25.0 Å². The molecule has 1 fully saturated rings. The highest BCUT2D eigenvalue weighted by Crippen LogP contribution is 2.13. The minimum atomic E-state index is -0.709. The van der Waals surface area contributed by atoms with Gasteiger partial charge in [-0.3, -0.25) is 9.69 Å². The maximum Gasteiger partial charge on any atom is 0.238 e. The lowest BCUT2D eigenvalue weighted by atomic mass is 10.1. The first-order chi connectivity index (χ1) is 9.02. The number of nitrogens with zero attached hydrogens (tertiary/aromatic N) is 1. The first kappa shape index (κ1) is 13.9. The molecular weight excluding hydrogens is 252 g/mol. The van der Waals surface area contributed by atoms with Crippen LogP contribution in [0.4, 0.5) is 14.5 Å². The molecule has 1 aromatic carbocycles. The molecule has 0 saturated carbocycles. The second kappa shape index (κ2) is 6.08. The summed E-state index contributed by atoms with van der Waals surface area (Å²) in [5.41, 5.74) is 5.91. The Morgan fingerprint density at radius 3 is 2.42 bits per heavy atom. The van der Waals surface area contributed by atoms with E-state index in [9.17, 15) is 13.6 Å². The molecule has 4 nitrogen and oxygen atoms in total. The van der Waals surface area contributed by atoms with Crippen LogP contribution in [0.5, 0.6) is 0 Å². The van der Waals surface area contributed by atoms with Gasteiger partial charge in [-0.1, -0.05) is 0 Å². The molecule has 0 bridgehead atoms. The number of nitrogens with two attached hydrogens (primary N) is 1. The van der Waals surface area contributed by atoms with Crippen molar-refractivity contribution >= 4 is 11.6 Å². The molecule has 1 aliphatic heterocycles. The predicted molar refractivity (Wildman–Crippen MR) is 68.6 cm³/mol. The molecule has 0 unspecified atom stereocenters. The first-order valence-electron chi connectivity index (χ1n) is 6.27. The highest BCUT2D eigenvalue weighted by molar-refractivity contribution is 5.92. The zero-order chi connectivity index (χ0) is 13.8. The molecule has 1 aromatic rings. The van der Waals surface area contributed by atoms with E-state index >= 15 is 0 Å². The summed E-state index contributed by atoms with van der Waals surface area (Å²) in [6.45, 7) is 1.75. The van der Waals surface area contributed by atoms with E-state index < -0.39 is 11.6 Å². The van der Waals surface area contributed by atoms with Crippen molar-refractivity contribution in [3.8, 4) is 0 Å². The summed E-state index contributed by atoms with van der Waals surface area (Å²) < 4.78 is 25.9. The lowest BCUT2D eigenvalue weighted by Gasteiger charge is -2.29. The number of benzene rings is 1. The molecular formula is C13H17F2N3O. The molecule has 1 aliphatic rings. The monoisotopic (exact) mass is 269 g/mol. The largest absolute Gasteiger partial charge is 0.328 e. The van der Waals surface area contributed by atoms with E-state index in [0.717, 1.165) is 44.1 Å². The molecule has 0 aromatic heterocycles. The third-order valence-electron chi connectivity index (χ3n) is 3.15. The quantitative estimate of drug-likeness (QED) is 0.870. The van der Waals surface area contributed by atoms with E-state index in [0.29, 0.717) is 0 Å². The molecule has 0 aliphatic carbocycles. The van der Waals surface area contributed by atoms with Crippen LogP contribution in [0.1, 0.15) is 12.8 Å². The van der Waals surface area contributed by atoms with Crippen molar-refractivity contribution in [3.63, 3.8) is 0 Å². The Morgan fingerprint density at radius 2 is 1.84 bits per heavy atom. The minimum absolute atomic E-state index is 0.135. The Hall–Kier alpha value is -1.53. The van der Waals surface area contributed by atoms with Gasteiger partial charge in [0.15, 0.2) is 0 Å². The molecule has 2 rings (SSSR count). The predicted octanol–water partition coefficient (Wildman–Crippen LogP) is 1.33. The zero-order valence-electron chi connectivity index (χ0n) is 10.5. The van der Waals surface area contributed by atoms with E-state index in [1.54, 1.807) is 0 Å². The van der Waals surface area contributed by atoms with Crippen molar-refractivity contribution in [3.05, 3.63) is 29.8 Å². The van der Waals surface area contributed by atoms with Crippen LogP contribution in [-0.4, -0.2) is 36.5 Å². The van der Waals surface area contributed by atoms with Gasteiger partial charge >= 0.3 is 0 Å². The Labute approximate surface area is 110 Å². The average Bonchev–Trinajstić information content (AvgIpc) is 2.30. The standard InChI is InChI=1S/C13H17F2N3O/c14-9-5-10(15)7-12(6-9)17-13(19)8-18-3-1-11(16)2-4-18/h5-7,11H,1-4,8,16H2,(H,17,19). The summed E-state index contributed by atoms with van der Waals surface area (Å²) in [4.78, 5) is 13.7. The SMILES string of the molecule is NC1CCN(CC(=O)Nc2cc(F)cc(F)c2)CC1. The van der Waals surface area contributed by atoms with Crippen molar-refractivity contribution in [2.45, 2.75) is 18.9 Å². The summed E-state index contributed by atoms with van der Waals surface area (Å²) in [7, 11) is 0. The molecule has 1 heterocycles. The number of halogens is 2. The lowest BCUT2D eigenvalue weighted by molar-refractivity contribution is -0.117. The van der Waals surface area contributed by atoms with Gasteiger partial charge in [0, 0.05) is 30.9 Å². The molecule has 6 heteroatoms. The number of carbonyl (C=O) groups is 1. The van der Waals surface area contributed by atoms with Gasteiger partial charge in [-0.2, -0.15) is 0 Å². The van der Waals surface area contributed by atoms with Gasteiger partial charge in [0.25, 0.3) is 0 Å². The summed E-state index contributed by atoms with van der Waals surface area (Å²) >= 11 is 0. The minimum Gasteiger partial charge on any atom is -0.328 e. The van der Waals surface area contributed by atoms with Gasteiger partial charge in [0.05, 0.1) is 6.54 Å². The fraction of sp³-hybridized carbons (Fsp3) is 0.462. The molecule has 0 atom stereocenters. The van der Waals surface area contributed by atoms with E-state index in [4.69, 9.17) is 5.73 Å². The lowest BCUT2D eigenvalue weighted by Crippen LogP contribution is -2.43. The number of amides is 1. The van der Waals surface area contributed by atoms with Gasteiger partial charge in [-0.25, -0.2) is 8.78 Å². The number of piperidine rings is 1. The fourth-order valence-corrected chi connectivity index (χ4v) is 2.14. The van der Waals surface area contributed by atoms with Crippen molar-refractivity contribution in [2.24, 2.45) is 5.73 Å². The first-order valence-corrected chi connectivity index (χ1v) is 6.27. The smallest absolute Gasteiger partial charge is 0.238 e. The highest BCUT2D eigenvalue weighted by Gasteiger charge is 2.18. The number of carbonyl (C=O) groups excluding carboxylic acids is 1. The summed E-state index contributed by atoms with van der Waals surface area (Å²) in [6, 6.07) is 3.15. The van der Waals surface area contributed by atoms with Crippen LogP contribution in [0, 0.1) is 11.6 Å². The zero-order valence-corrected chi connectivity index (χ0v) is 10.5. The number of likely N-dealkylation sites (tertiary alicyclic amines) is 1. The van der Waals surface area contributed by atoms with Gasteiger partial charge in [0.1, 0.15) is 11.6 Å². The number of anilines is 1. The number of hydrogen-bond acceptors (Lipinski definition) is 3. The van der Waals surface area contributed by atoms with Crippen molar-refractivity contribution < 1.29 is 13.6 Å². The van der Waals surface area contributed by atoms with Crippen LogP contribution in [0.25, 0.3) is 0 Å². The van der Waals surface area contributed by atoms with Crippen molar-refractivity contribution in [2.75, 3.05) is 25.0 Å². The maximum absolute atomic E-state index is 13.0. The maximum atomic E-state index is 13.0. The number of rotatable bonds is 3. The average molecular weight is 269 g/mol. The Morgan fingerprint density at radius 1 is 1.26 bits per heavy atom. The van der Waals surface area contributed by atoms with Crippen molar-refractivity contribution in [1.29, 1.82) is 0 Å². The van der Waals surface area contributed by atoms with Gasteiger partial charge in [-0.15, -0.1) is 0 Å². The topological polar surface area (TPSA) is 58.4 Å². The van der Waals surface area contributed by atoms with Crippen LogP contribution >= 0.6 is 0 Å². The van der Waals surface area contributed by atoms with Crippen LogP contribution in [0.2, 0.25) is 0 Å². The molecule has 3 N–H and O–H groups in total. The number of hydrogen-bond donors (Lipinski definition) is 2. The van der Waals surface area contributed by atoms with Gasteiger partial charge in [0.2, 0.25) is 5.91 Å². The van der Waals surface area contributed by atoms with Gasteiger partial charge < -0.3 is 11.1 Å². The molecule has 1 saturated heterocycles. The van der Waals surface area contributed by atoms with Crippen LogP contribution in [-0.2, 0) is 4.79 Å². The van der Waals surface area contributed by atoms with E-state index in [1.165, 1.54) is 0 Å². The summed E-state index contributed by atoms with van der Waals surface area (Å²) in [5, 5.41) is 2.49. The second-order valence-electron chi connectivity index (χ2n) is 4.82.